The molecular weight excluding hydrogens is 168 g/mol. The summed E-state index contributed by atoms with van der Waals surface area (Å²) in [5.41, 5.74) is 4.88. The van der Waals surface area contributed by atoms with Gasteiger partial charge in [0, 0.05) is 6.54 Å². The fourth-order valence-corrected chi connectivity index (χ4v) is 2.47. The maximum absolute atomic E-state index is 11.0. The van der Waals surface area contributed by atoms with Crippen molar-refractivity contribution in [3.05, 3.63) is 0 Å². The molecule has 0 aliphatic carbocycles. The Balaban J connectivity index is 2.85. The Morgan fingerprint density at radius 2 is 2.18 bits per heavy atom. The molecule has 1 atom stereocenters. The molecule has 1 heterocycles. The van der Waals surface area contributed by atoms with Crippen LogP contribution in [0.4, 0.5) is 0 Å². The second kappa shape index (κ2) is 2.78. The second-order valence-electron chi connectivity index (χ2n) is 2.47. The molecule has 0 radical (unpaired) electrons. The molecule has 0 aromatic carbocycles. The number of hydrogen-bond acceptors (Lipinski definition) is 3. The minimum Gasteiger partial charge on any atom is -0.369 e. The molecule has 1 saturated heterocycles. The van der Waals surface area contributed by atoms with Gasteiger partial charge < -0.3 is 5.73 Å². The van der Waals surface area contributed by atoms with E-state index in [0.717, 1.165) is 0 Å². The fourth-order valence-electron chi connectivity index (χ4n) is 1.05. The minimum atomic E-state index is -3.45. The van der Waals surface area contributed by atoms with Crippen LogP contribution in [0.1, 0.15) is 12.8 Å². The predicted molar refractivity (Wildman–Crippen MR) is 39.1 cm³/mol. The molecule has 0 saturated carbocycles. The lowest BCUT2D eigenvalue weighted by atomic mass is 10.2. The van der Waals surface area contributed by atoms with Crippen LogP contribution in [0.25, 0.3) is 0 Å². The highest BCUT2D eigenvalue weighted by molar-refractivity contribution is 7.90. The molecule has 1 unspecified atom stereocenters. The topological polar surface area (TPSA) is 89.3 Å². The molecule has 1 rings (SSSR count). The molecule has 1 aliphatic heterocycles. The third kappa shape index (κ3) is 1.69. The maximum atomic E-state index is 11.0. The summed E-state index contributed by atoms with van der Waals surface area (Å²) in [4.78, 5) is 10.6. The van der Waals surface area contributed by atoms with Crippen molar-refractivity contribution in [3.63, 3.8) is 0 Å². The summed E-state index contributed by atoms with van der Waals surface area (Å²) >= 11 is 0. The van der Waals surface area contributed by atoms with Crippen molar-refractivity contribution >= 4 is 15.9 Å². The summed E-state index contributed by atoms with van der Waals surface area (Å²) in [6, 6.07) is 0. The number of carbonyl (C=O) groups is 1. The first-order valence-electron chi connectivity index (χ1n) is 3.32. The number of hydrogen-bond donors (Lipinski definition) is 2. The summed E-state index contributed by atoms with van der Waals surface area (Å²) < 4.78 is 24.3. The van der Waals surface area contributed by atoms with E-state index in [1.807, 2.05) is 0 Å². The smallest absolute Gasteiger partial charge is 0.237 e. The third-order valence-corrected chi connectivity index (χ3v) is 3.46. The first-order valence-corrected chi connectivity index (χ1v) is 4.86. The van der Waals surface area contributed by atoms with Gasteiger partial charge in [0.05, 0.1) is 0 Å². The molecule has 0 aromatic heterocycles. The molecule has 3 N–H and O–H groups in total. The van der Waals surface area contributed by atoms with E-state index in [1.165, 1.54) is 0 Å². The van der Waals surface area contributed by atoms with Gasteiger partial charge in [0.2, 0.25) is 15.9 Å². The maximum Gasteiger partial charge on any atom is 0.237 e. The van der Waals surface area contributed by atoms with Gasteiger partial charge in [0.25, 0.3) is 0 Å². The van der Waals surface area contributed by atoms with Gasteiger partial charge in [-0.3, -0.25) is 4.79 Å². The first kappa shape index (κ1) is 8.48. The van der Waals surface area contributed by atoms with Gasteiger partial charge in [0.15, 0.2) is 5.25 Å². The molecule has 0 aromatic rings. The number of nitrogens with one attached hydrogen (secondary N) is 1. The summed E-state index contributed by atoms with van der Waals surface area (Å²) in [5.74, 6) is -0.766. The fraction of sp³-hybridized carbons (Fsp3) is 0.800. The highest BCUT2D eigenvalue weighted by atomic mass is 32.2. The van der Waals surface area contributed by atoms with Crippen molar-refractivity contribution in [2.45, 2.75) is 18.1 Å². The van der Waals surface area contributed by atoms with Crippen molar-refractivity contribution in [3.8, 4) is 0 Å². The van der Waals surface area contributed by atoms with E-state index in [1.54, 1.807) is 0 Å². The Morgan fingerprint density at radius 1 is 1.55 bits per heavy atom. The standard InChI is InChI=1S/C5H10N2O3S/c6-5(8)4-2-1-3-7-11(4,9)10/h4,7H,1-3H2,(H2,6,8). The van der Waals surface area contributed by atoms with Crippen LogP contribution in [0, 0.1) is 0 Å². The summed E-state index contributed by atoms with van der Waals surface area (Å²) in [6.45, 7) is 0.409. The highest BCUT2D eigenvalue weighted by Gasteiger charge is 2.32. The number of amides is 1. The van der Waals surface area contributed by atoms with Crippen molar-refractivity contribution in [2.75, 3.05) is 6.54 Å². The molecule has 1 aliphatic rings. The average molecular weight is 178 g/mol. The molecule has 5 nitrogen and oxygen atoms in total. The van der Waals surface area contributed by atoms with E-state index >= 15 is 0 Å². The Kier molecular flexibility index (Phi) is 2.15. The van der Waals surface area contributed by atoms with E-state index < -0.39 is 21.2 Å². The minimum absolute atomic E-state index is 0.338. The SMILES string of the molecule is NC(=O)C1CCCNS1(=O)=O. The van der Waals surface area contributed by atoms with Crippen LogP contribution < -0.4 is 10.5 Å². The van der Waals surface area contributed by atoms with Gasteiger partial charge >= 0.3 is 0 Å². The number of sulfonamides is 1. The monoisotopic (exact) mass is 178 g/mol. The zero-order valence-corrected chi connectivity index (χ0v) is 6.73. The summed E-state index contributed by atoms with van der Waals surface area (Å²) in [6.07, 6.45) is 1.01. The normalized spacial score (nSPS) is 29.6. The van der Waals surface area contributed by atoms with Gasteiger partial charge in [-0.2, -0.15) is 0 Å². The molecule has 1 fully saturated rings. The van der Waals surface area contributed by atoms with Crippen LogP contribution in [-0.4, -0.2) is 26.1 Å². The quantitative estimate of drug-likeness (QED) is 0.515. The second-order valence-corrected chi connectivity index (χ2v) is 4.42. The molecule has 11 heavy (non-hydrogen) atoms. The van der Waals surface area contributed by atoms with Crippen LogP contribution in [0.5, 0.6) is 0 Å². The van der Waals surface area contributed by atoms with E-state index in [2.05, 4.69) is 4.72 Å². The van der Waals surface area contributed by atoms with E-state index in [9.17, 15) is 13.2 Å². The zero-order valence-electron chi connectivity index (χ0n) is 5.91. The Labute approximate surface area is 65.0 Å². The molecule has 6 heteroatoms. The van der Waals surface area contributed by atoms with Gasteiger partial charge in [-0.25, -0.2) is 13.1 Å². The Bertz CT molecular complexity index is 259. The predicted octanol–water partition coefficient (Wildman–Crippen LogP) is -1.45. The van der Waals surface area contributed by atoms with E-state index in [4.69, 9.17) is 5.73 Å². The van der Waals surface area contributed by atoms with Crippen LogP contribution in [0.3, 0.4) is 0 Å². The zero-order chi connectivity index (χ0) is 8.48. The van der Waals surface area contributed by atoms with Crippen LogP contribution in [0.15, 0.2) is 0 Å². The number of primary amides is 1. The van der Waals surface area contributed by atoms with Crippen molar-refractivity contribution in [1.82, 2.24) is 4.72 Å². The van der Waals surface area contributed by atoms with Crippen molar-refractivity contribution in [1.29, 1.82) is 0 Å². The molecular formula is C5H10N2O3S. The van der Waals surface area contributed by atoms with E-state index in [0.29, 0.717) is 19.4 Å². The Hall–Kier alpha value is -0.620. The summed E-state index contributed by atoms with van der Waals surface area (Å²) in [7, 11) is -3.45. The molecule has 64 valence electrons. The number of carbonyl (C=O) groups excluding carboxylic acids is 1. The summed E-state index contributed by atoms with van der Waals surface area (Å²) in [5, 5.41) is -1.03. The lowest BCUT2D eigenvalue weighted by Gasteiger charge is -2.19. The largest absolute Gasteiger partial charge is 0.369 e. The highest BCUT2D eigenvalue weighted by Crippen LogP contribution is 2.11. The molecule has 0 spiro atoms. The van der Waals surface area contributed by atoms with Gasteiger partial charge in [-0.15, -0.1) is 0 Å². The molecule has 1 amide bonds. The number of nitrogens with two attached hydrogens (primary N) is 1. The van der Waals surface area contributed by atoms with Crippen LogP contribution in [-0.2, 0) is 14.8 Å². The number of rotatable bonds is 1. The lowest BCUT2D eigenvalue weighted by Crippen LogP contribution is -2.46. The van der Waals surface area contributed by atoms with Gasteiger partial charge in [-0.05, 0) is 12.8 Å². The third-order valence-electron chi connectivity index (χ3n) is 1.64. The Morgan fingerprint density at radius 3 is 2.55 bits per heavy atom. The van der Waals surface area contributed by atoms with Crippen LogP contribution in [0.2, 0.25) is 0 Å². The van der Waals surface area contributed by atoms with Crippen molar-refractivity contribution in [2.24, 2.45) is 5.73 Å². The molecule has 0 bridgehead atoms. The van der Waals surface area contributed by atoms with Gasteiger partial charge in [0.1, 0.15) is 0 Å². The van der Waals surface area contributed by atoms with Crippen LogP contribution >= 0.6 is 0 Å². The first-order chi connectivity index (χ1) is 5.04. The van der Waals surface area contributed by atoms with Gasteiger partial charge in [-0.1, -0.05) is 0 Å². The lowest BCUT2D eigenvalue weighted by molar-refractivity contribution is -0.117. The average Bonchev–Trinajstić information content (AvgIpc) is 1.85. The van der Waals surface area contributed by atoms with Crippen molar-refractivity contribution < 1.29 is 13.2 Å². The van der Waals surface area contributed by atoms with E-state index in [-0.39, 0.29) is 0 Å².